The van der Waals surface area contributed by atoms with Gasteiger partial charge in [-0.15, -0.1) is 0 Å². The first kappa shape index (κ1) is 37.5. The maximum absolute atomic E-state index is 2.56. The van der Waals surface area contributed by atoms with Gasteiger partial charge in [-0.2, -0.15) is 0 Å². The molecule has 0 radical (unpaired) electrons. The molecule has 0 bridgehead atoms. The van der Waals surface area contributed by atoms with E-state index in [9.17, 15) is 0 Å². The average Bonchev–Trinajstić information content (AvgIpc) is 3.64. The van der Waals surface area contributed by atoms with Gasteiger partial charge in [0.25, 0.3) is 0 Å². The second-order valence-corrected chi connectivity index (χ2v) is 19.7. The van der Waals surface area contributed by atoms with E-state index < -0.39 is 0 Å². The molecule has 0 aliphatic carbocycles. The van der Waals surface area contributed by atoms with Crippen molar-refractivity contribution in [3.8, 4) is 39.2 Å². The molecule has 63 heavy (non-hydrogen) atoms. The predicted octanol–water partition coefficient (Wildman–Crippen LogP) is 17.6. The van der Waals surface area contributed by atoms with E-state index in [1.165, 1.54) is 126 Å². The van der Waals surface area contributed by atoms with Crippen molar-refractivity contribution in [2.75, 3.05) is 0 Å². The number of nitrogens with zero attached hydrogens (tertiary/aromatic N) is 1. The van der Waals surface area contributed by atoms with Crippen molar-refractivity contribution in [3.63, 3.8) is 0 Å². The molecule has 0 saturated carbocycles. The Labute approximate surface area is 369 Å². The fraction of sp³-hybridized carbons (Fsp3) is 0.129. The van der Waals surface area contributed by atoms with Crippen LogP contribution in [0.4, 0.5) is 0 Å². The van der Waals surface area contributed by atoms with Gasteiger partial charge in [-0.05, 0) is 128 Å². The minimum Gasteiger partial charge on any atom is -0.308 e. The number of hydrogen-bond donors (Lipinski definition) is 0. The van der Waals surface area contributed by atoms with Crippen LogP contribution in [0.3, 0.4) is 0 Å². The molecule has 0 atom stereocenters. The lowest BCUT2D eigenvalue weighted by atomic mass is 9.73. The molecule has 12 aromatic rings. The van der Waals surface area contributed by atoms with Gasteiger partial charge in [0.15, 0.2) is 0 Å². The quantitative estimate of drug-likeness (QED) is 0.123. The lowest BCUT2D eigenvalue weighted by Gasteiger charge is -2.30. The maximum atomic E-state index is 2.56. The summed E-state index contributed by atoms with van der Waals surface area (Å²) in [7, 11) is 0. The molecule has 0 N–H and O–H groups in total. The van der Waals surface area contributed by atoms with Gasteiger partial charge in [-0.25, -0.2) is 0 Å². The van der Waals surface area contributed by atoms with Crippen LogP contribution in [0.2, 0.25) is 0 Å². The summed E-state index contributed by atoms with van der Waals surface area (Å²) >= 11 is 0. The third-order valence-corrected chi connectivity index (χ3v) is 13.7. The molecule has 0 spiro atoms. The van der Waals surface area contributed by atoms with Crippen molar-refractivity contribution in [2.45, 2.75) is 52.4 Å². The van der Waals surface area contributed by atoms with Crippen LogP contribution in [0, 0.1) is 0 Å². The van der Waals surface area contributed by atoms with Gasteiger partial charge in [0.2, 0.25) is 0 Å². The maximum Gasteiger partial charge on any atom is 0.0619 e. The first-order valence-electron chi connectivity index (χ1n) is 22.4. The highest BCUT2D eigenvalue weighted by Crippen LogP contribution is 2.49. The highest BCUT2D eigenvalue weighted by molar-refractivity contribution is 6.26. The van der Waals surface area contributed by atoms with Crippen LogP contribution < -0.4 is 0 Å². The lowest BCUT2D eigenvalue weighted by molar-refractivity contribution is 0.593. The van der Waals surface area contributed by atoms with Crippen molar-refractivity contribution in [3.05, 3.63) is 199 Å². The SMILES string of the molecule is CC(C)(C)c1c2ccccc2c(C(C)(C)C)c2cc(-c3ccc4c(ccc5c4c(-c4ccccc4)c(-c4ccccc4)n5-c4ccc5ccc6cccc7ccc4c5c67)c3)ccc12. The molecule has 0 aliphatic heterocycles. The molecule has 1 heteroatoms. The Bertz CT molecular complexity index is 3760. The number of benzene rings is 11. The Kier molecular flexibility index (Phi) is 8.13. The van der Waals surface area contributed by atoms with Crippen LogP contribution >= 0.6 is 0 Å². The third kappa shape index (κ3) is 5.69. The van der Waals surface area contributed by atoms with E-state index in [0.29, 0.717) is 0 Å². The van der Waals surface area contributed by atoms with Crippen molar-refractivity contribution < 1.29 is 0 Å². The average molecular weight is 808 g/mol. The first-order valence-corrected chi connectivity index (χ1v) is 22.4. The summed E-state index contributed by atoms with van der Waals surface area (Å²) in [4.78, 5) is 0. The van der Waals surface area contributed by atoms with E-state index >= 15 is 0 Å². The van der Waals surface area contributed by atoms with Crippen LogP contribution in [0.25, 0.3) is 115 Å². The van der Waals surface area contributed by atoms with Gasteiger partial charge >= 0.3 is 0 Å². The van der Waals surface area contributed by atoms with Gasteiger partial charge in [0.05, 0.1) is 16.9 Å². The molecule has 0 amide bonds. The minimum absolute atomic E-state index is 0.0207. The van der Waals surface area contributed by atoms with Crippen LogP contribution in [-0.2, 0) is 10.8 Å². The van der Waals surface area contributed by atoms with Gasteiger partial charge in [0.1, 0.15) is 0 Å². The number of fused-ring (bicyclic) bond motifs is 5. The van der Waals surface area contributed by atoms with Crippen LogP contribution in [0.15, 0.2) is 188 Å². The standard InChI is InChI=1S/C62H49N/c1-61(2,3)58-47-22-13-14-23-48(47)59(62(4,5)6)51-37-44(28-32-49(51)58)43-27-31-46-45(36-43)30-35-53-57(46)56(38-16-9-7-10-17-38)60(42-18-11-8-12-19-42)63(53)52-34-29-41-25-24-39-20-15-21-40-26-33-50(52)55(41)54(39)40/h7-37H,1-6H3. The number of hydrogen-bond acceptors (Lipinski definition) is 0. The molecular formula is C62H49N. The van der Waals surface area contributed by atoms with Crippen molar-refractivity contribution in [1.29, 1.82) is 0 Å². The van der Waals surface area contributed by atoms with Crippen molar-refractivity contribution >= 4 is 75.5 Å². The van der Waals surface area contributed by atoms with E-state index in [1.807, 2.05) is 0 Å². The molecule has 0 saturated heterocycles. The smallest absolute Gasteiger partial charge is 0.0619 e. The molecule has 12 rings (SSSR count). The monoisotopic (exact) mass is 807 g/mol. The van der Waals surface area contributed by atoms with Gasteiger partial charge in [-0.1, -0.05) is 205 Å². The summed E-state index contributed by atoms with van der Waals surface area (Å²) in [6.07, 6.45) is 0. The summed E-state index contributed by atoms with van der Waals surface area (Å²) in [6.45, 7) is 14.2. The number of aromatic nitrogens is 1. The normalized spacial score (nSPS) is 12.6. The third-order valence-electron chi connectivity index (χ3n) is 13.7. The van der Waals surface area contributed by atoms with E-state index in [0.717, 1.165) is 0 Å². The first-order chi connectivity index (χ1) is 30.5. The molecule has 11 aromatic carbocycles. The Balaban J connectivity index is 1.15. The highest BCUT2D eigenvalue weighted by atomic mass is 15.0. The zero-order valence-corrected chi connectivity index (χ0v) is 36.8. The highest BCUT2D eigenvalue weighted by Gasteiger charge is 2.28. The number of rotatable bonds is 4. The Morgan fingerprint density at radius 2 is 0.825 bits per heavy atom. The van der Waals surface area contributed by atoms with Crippen LogP contribution in [0.5, 0.6) is 0 Å². The molecule has 0 aliphatic rings. The lowest BCUT2D eigenvalue weighted by Crippen LogP contribution is -2.17. The predicted molar refractivity (Wildman–Crippen MR) is 273 cm³/mol. The Morgan fingerprint density at radius 1 is 0.317 bits per heavy atom. The van der Waals surface area contributed by atoms with Crippen LogP contribution in [-0.4, -0.2) is 4.57 Å². The van der Waals surface area contributed by atoms with E-state index in [4.69, 9.17) is 0 Å². The van der Waals surface area contributed by atoms with Gasteiger partial charge < -0.3 is 4.57 Å². The molecule has 0 fully saturated rings. The van der Waals surface area contributed by atoms with Crippen molar-refractivity contribution in [1.82, 2.24) is 4.57 Å². The fourth-order valence-electron chi connectivity index (χ4n) is 11.2. The summed E-state index contributed by atoms with van der Waals surface area (Å²) < 4.78 is 2.56. The second kappa shape index (κ2) is 13.6. The largest absolute Gasteiger partial charge is 0.308 e. The summed E-state index contributed by atoms with van der Waals surface area (Å²) in [5, 5.41) is 16.9. The van der Waals surface area contributed by atoms with Gasteiger partial charge in [-0.3, -0.25) is 0 Å². The van der Waals surface area contributed by atoms with E-state index in [1.54, 1.807) is 0 Å². The fourth-order valence-corrected chi connectivity index (χ4v) is 11.2. The second-order valence-electron chi connectivity index (χ2n) is 19.7. The van der Waals surface area contributed by atoms with E-state index in [-0.39, 0.29) is 10.8 Å². The molecule has 1 nitrogen and oxygen atoms in total. The Morgan fingerprint density at radius 3 is 1.49 bits per heavy atom. The molecular weight excluding hydrogens is 759 g/mol. The topological polar surface area (TPSA) is 4.93 Å². The van der Waals surface area contributed by atoms with Crippen LogP contribution in [0.1, 0.15) is 52.7 Å². The minimum atomic E-state index is -0.0476. The zero-order chi connectivity index (χ0) is 42.8. The Hall–Kier alpha value is -7.22. The van der Waals surface area contributed by atoms with Gasteiger partial charge in [0, 0.05) is 16.3 Å². The summed E-state index contributed by atoms with van der Waals surface area (Å²) in [6, 6.07) is 70.7. The molecule has 1 heterocycles. The van der Waals surface area contributed by atoms with Crippen molar-refractivity contribution in [2.24, 2.45) is 0 Å². The van der Waals surface area contributed by atoms with E-state index in [2.05, 4.69) is 234 Å². The zero-order valence-electron chi connectivity index (χ0n) is 36.8. The summed E-state index contributed by atoms with van der Waals surface area (Å²) in [5.41, 5.74) is 12.5. The molecule has 1 aromatic heterocycles. The molecule has 0 unspecified atom stereocenters. The summed E-state index contributed by atoms with van der Waals surface area (Å²) in [5.74, 6) is 0. The molecule has 302 valence electrons.